The number of nitrogens with zero attached hydrogens (tertiary/aromatic N) is 1. The quantitative estimate of drug-likeness (QED) is 0.256. The Bertz CT molecular complexity index is 1140. The van der Waals surface area contributed by atoms with Gasteiger partial charge in [-0.05, 0) is 24.2 Å². The molecule has 5 N–H and O–H groups in total. The molecule has 5 unspecified atom stereocenters. The Hall–Kier alpha value is -3.26. The standard InChI is InChI=1S/C25H32F5N5O5/c1-23(2,3)17(34-22(40)25(28,29)30)21(39)35-9-11-12-4-5-13(24(12,26)27)15(11)16(35)20(38)33-14(18(31)36)8-10-6-7-32-19(10)37/h4-5,10-17H,6-9H2,1-3H3,(H2,31,36)(H,32,37)(H,33,38)(H,34,40)/t10-,11?,12?,13?,14-,15?,16?,17+/m0/s1. The third-order valence-corrected chi connectivity index (χ3v) is 8.43. The molecule has 1 saturated carbocycles. The van der Waals surface area contributed by atoms with E-state index in [0.717, 1.165) is 4.90 Å². The van der Waals surface area contributed by atoms with Crippen LogP contribution in [0.2, 0.25) is 0 Å². The number of amides is 5. The number of hydrogen-bond acceptors (Lipinski definition) is 5. The zero-order valence-corrected chi connectivity index (χ0v) is 22.1. The van der Waals surface area contributed by atoms with Gasteiger partial charge in [-0.1, -0.05) is 32.9 Å². The molecule has 0 aromatic rings. The van der Waals surface area contributed by atoms with Crippen molar-refractivity contribution in [2.24, 2.45) is 40.7 Å². The number of rotatable bonds is 7. The molecule has 10 nitrogen and oxygen atoms in total. The molecule has 222 valence electrons. The van der Waals surface area contributed by atoms with Crippen LogP contribution >= 0.6 is 0 Å². The molecule has 2 heterocycles. The highest BCUT2D eigenvalue weighted by molar-refractivity contribution is 5.96. The summed E-state index contributed by atoms with van der Waals surface area (Å²) in [7, 11) is 0. The van der Waals surface area contributed by atoms with Crippen molar-refractivity contribution in [3.8, 4) is 0 Å². The van der Waals surface area contributed by atoms with E-state index < -0.39 is 88.9 Å². The SMILES string of the molecule is CC(C)(C)[C@H](NC(=O)C(F)(F)F)C(=O)N1CC2C(C1C(=O)N[C@@H](C[C@@H]1CCNC1=O)C(N)=O)C1C=CC2C1(F)F. The molecule has 2 aliphatic carbocycles. The summed E-state index contributed by atoms with van der Waals surface area (Å²) in [6.45, 7) is 4.22. The van der Waals surface area contributed by atoms with Crippen molar-refractivity contribution in [1.29, 1.82) is 0 Å². The summed E-state index contributed by atoms with van der Waals surface area (Å²) >= 11 is 0. The maximum atomic E-state index is 15.0. The van der Waals surface area contributed by atoms with Crippen LogP contribution in [0.15, 0.2) is 12.2 Å². The number of nitrogens with two attached hydrogens (primary N) is 1. The first-order valence-corrected chi connectivity index (χ1v) is 13.0. The first kappa shape index (κ1) is 29.7. The van der Waals surface area contributed by atoms with Gasteiger partial charge in [0.15, 0.2) is 0 Å². The molecule has 2 aliphatic heterocycles. The van der Waals surface area contributed by atoms with Gasteiger partial charge in [0.05, 0.1) is 0 Å². The Kier molecular flexibility index (Phi) is 7.41. The van der Waals surface area contributed by atoms with Crippen LogP contribution < -0.4 is 21.7 Å². The van der Waals surface area contributed by atoms with Crippen LogP contribution in [0.4, 0.5) is 22.0 Å². The van der Waals surface area contributed by atoms with E-state index in [4.69, 9.17) is 5.73 Å². The predicted molar refractivity (Wildman–Crippen MR) is 128 cm³/mol. The molecule has 15 heteroatoms. The second-order valence-electron chi connectivity index (χ2n) is 12.0. The third-order valence-electron chi connectivity index (χ3n) is 8.43. The van der Waals surface area contributed by atoms with E-state index in [1.165, 1.54) is 32.9 Å². The van der Waals surface area contributed by atoms with Gasteiger partial charge in [0, 0.05) is 36.8 Å². The fraction of sp³-hybridized carbons (Fsp3) is 0.720. The van der Waals surface area contributed by atoms with E-state index in [0.29, 0.717) is 13.0 Å². The van der Waals surface area contributed by atoms with E-state index in [2.05, 4.69) is 10.6 Å². The molecule has 2 bridgehead atoms. The maximum absolute atomic E-state index is 15.0. The van der Waals surface area contributed by atoms with Gasteiger partial charge in [-0.15, -0.1) is 0 Å². The Morgan fingerprint density at radius 3 is 2.27 bits per heavy atom. The first-order chi connectivity index (χ1) is 18.4. The zero-order valence-electron chi connectivity index (χ0n) is 22.1. The average Bonchev–Trinajstić information content (AvgIpc) is 3.54. The normalized spacial score (nSPS) is 31.9. The van der Waals surface area contributed by atoms with Gasteiger partial charge in [-0.25, -0.2) is 8.78 Å². The van der Waals surface area contributed by atoms with Crippen LogP contribution in [0.25, 0.3) is 0 Å². The van der Waals surface area contributed by atoms with E-state index >= 15 is 8.78 Å². The van der Waals surface area contributed by atoms with Crippen molar-refractivity contribution >= 4 is 29.5 Å². The Balaban J connectivity index is 1.65. The molecule has 4 aliphatic rings. The minimum atomic E-state index is -5.30. The lowest BCUT2D eigenvalue weighted by molar-refractivity contribution is -0.176. The largest absolute Gasteiger partial charge is 0.471 e. The minimum Gasteiger partial charge on any atom is -0.368 e. The first-order valence-electron chi connectivity index (χ1n) is 13.0. The van der Waals surface area contributed by atoms with Gasteiger partial charge < -0.3 is 26.6 Å². The fourth-order valence-electron chi connectivity index (χ4n) is 6.48. The molecule has 5 amide bonds. The van der Waals surface area contributed by atoms with Crippen LogP contribution in [0.3, 0.4) is 0 Å². The molecule has 3 fully saturated rings. The lowest BCUT2D eigenvalue weighted by Gasteiger charge is -2.37. The number of carbonyl (C=O) groups excluding carboxylic acids is 5. The Labute approximate surface area is 226 Å². The van der Waals surface area contributed by atoms with Crippen LogP contribution in [0.5, 0.6) is 0 Å². The van der Waals surface area contributed by atoms with Crippen molar-refractivity contribution in [2.75, 3.05) is 13.1 Å². The van der Waals surface area contributed by atoms with Crippen LogP contribution in [0, 0.1) is 35.0 Å². The number of primary amides is 1. The number of allylic oxidation sites excluding steroid dienone is 2. The molecular weight excluding hydrogens is 545 g/mol. The van der Waals surface area contributed by atoms with Crippen LogP contribution in [-0.4, -0.2) is 77.7 Å². The molecule has 0 radical (unpaired) electrons. The van der Waals surface area contributed by atoms with E-state index in [-0.39, 0.29) is 18.9 Å². The predicted octanol–water partition coefficient (Wildman–Crippen LogP) is 0.470. The molecule has 2 saturated heterocycles. The van der Waals surface area contributed by atoms with Crippen molar-refractivity contribution in [2.45, 2.75) is 63.8 Å². The van der Waals surface area contributed by atoms with E-state index in [9.17, 15) is 37.1 Å². The van der Waals surface area contributed by atoms with E-state index in [1.54, 1.807) is 5.32 Å². The van der Waals surface area contributed by atoms with Crippen molar-refractivity contribution in [1.82, 2.24) is 20.9 Å². The molecule has 0 aromatic heterocycles. The van der Waals surface area contributed by atoms with Gasteiger partial charge in [0.25, 0.3) is 5.92 Å². The molecule has 0 spiro atoms. The summed E-state index contributed by atoms with van der Waals surface area (Å²) in [5, 5.41) is 6.70. The van der Waals surface area contributed by atoms with Gasteiger partial charge in [0.1, 0.15) is 18.1 Å². The number of alkyl halides is 5. The summed E-state index contributed by atoms with van der Waals surface area (Å²) in [5.74, 6) is -14.3. The van der Waals surface area contributed by atoms with Gasteiger partial charge in [-0.2, -0.15) is 13.2 Å². The summed E-state index contributed by atoms with van der Waals surface area (Å²) in [6.07, 6.45) is -2.50. The maximum Gasteiger partial charge on any atom is 0.471 e. The smallest absolute Gasteiger partial charge is 0.368 e. The van der Waals surface area contributed by atoms with Gasteiger partial charge in [0.2, 0.25) is 23.6 Å². The highest BCUT2D eigenvalue weighted by atomic mass is 19.4. The van der Waals surface area contributed by atoms with Gasteiger partial charge in [-0.3, -0.25) is 24.0 Å². The summed E-state index contributed by atoms with van der Waals surface area (Å²) < 4.78 is 69.3. The lowest BCUT2D eigenvalue weighted by Crippen LogP contribution is -2.61. The highest BCUT2D eigenvalue weighted by Crippen LogP contribution is 2.61. The number of nitrogens with one attached hydrogen (secondary N) is 3. The lowest BCUT2D eigenvalue weighted by atomic mass is 9.81. The monoisotopic (exact) mass is 577 g/mol. The zero-order chi connectivity index (χ0) is 29.9. The highest BCUT2D eigenvalue weighted by Gasteiger charge is 2.70. The summed E-state index contributed by atoms with van der Waals surface area (Å²) in [4.78, 5) is 64.3. The molecule has 0 aromatic carbocycles. The second kappa shape index (κ2) is 9.98. The van der Waals surface area contributed by atoms with Crippen molar-refractivity contribution in [3.05, 3.63) is 12.2 Å². The number of carbonyl (C=O) groups is 5. The number of likely N-dealkylation sites (tertiary alicyclic amines) is 1. The number of halogens is 5. The fourth-order valence-corrected chi connectivity index (χ4v) is 6.48. The van der Waals surface area contributed by atoms with Crippen LogP contribution in [0.1, 0.15) is 33.6 Å². The molecule has 8 atom stereocenters. The molecular formula is C25H32F5N5O5. The van der Waals surface area contributed by atoms with Crippen molar-refractivity contribution < 1.29 is 45.9 Å². The van der Waals surface area contributed by atoms with E-state index in [1.807, 2.05) is 0 Å². The number of hydrogen-bond donors (Lipinski definition) is 4. The summed E-state index contributed by atoms with van der Waals surface area (Å²) in [5.41, 5.74) is 4.20. The molecule has 4 rings (SSSR count). The topological polar surface area (TPSA) is 151 Å². The second-order valence-corrected chi connectivity index (χ2v) is 12.0. The third kappa shape index (κ3) is 5.14. The van der Waals surface area contributed by atoms with Crippen molar-refractivity contribution in [3.63, 3.8) is 0 Å². The number of fused-ring (bicyclic) bond motifs is 5. The summed E-state index contributed by atoms with van der Waals surface area (Å²) in [6, 6.07) is -4.71. The van der Waals surface area contributed by atoms with Crippen LogP contribution in [-0.2, 0) is 24.0 Å². The average molecular weight is 578 g/mol. The Morgan fingerprint density at radius 1 is 1.12 bits per heavy atom. The Morgan fingerprint density at radius 2 is 1.75 bits per heavy atom. The molecule has 40 heavy (non-hydrogen) atoms. The van der Waals surface area contributed by atoms with Gasteiger partial charge >= 0.3 is 12.1 Å². The minimum absolute atomic E-state index is 0.157.